The maximum atomic E-state index is 2.33. The summed E-state index contributed by atoms with van der Waals surface area (Å²) in [6.07, 6.45) is 6.17. The molecule has 3 saturated carbocycles. The lowest BCUT2D eigenvalue weighted by molar-refractivity contribution is -0.108. The van der Waals surface area contributed by atoms with Gasteiger partial charge in [0.1, 0.15) is 0 Å². The first-order valence-electron chi connectivity index (χ1n) is 3.35. The molecule has 0 radical (unpaired) electrons. The number of rotatable bonds is 1. The smallest absolute Gasteiger partial charge is 0.0292 e. The summed E-state index contributed by atoms with van der Waals surface area (Å²) in [4.78, 5) is 0. The third-order valence-electron chi connectivity index (χ3n) is 2.92. The Hall–Kier alpha value is 0. The lowest BCUT2D eigenvalue weighted by Crippen LogP contribution is -2.50. The predicted molar refractivity (Wildman–Crippen MR) is 30.1 cm³/mol. The van der Waals surface area contributed by atoms with Gasteiger partial charge in [0.2, 0.25) is 0 Å². The van der Waals surface area contributed by atoms with Gasteiger partial charge in [-0.25, -0.2) is 0 Å². The molecule has 3 fully saturated rings. The fraction of sp³-hybridized carbons (Fsp3) is 1.00. The Kier molecular flexibility index (Phi) is 0.499. The molecule has 3 aliphatic rings. The summed E-state index contributed by atoms with van der Waals surface area (Å²) < 4.78 is 0. The van der Waals surface area contributed by atoms with E-state index in [0.717, 1.165) is 5.41 Å². The maximum Gasteiger partial charge on any atom is -0.0292 e. The maximum absolute atomic E-state index is 2.33. The van der Waals surface area contributed by atoms with Crippen LogP contribution in [0.15, 0.2) is 0 Å². The van der Waals surface area contributed by atoms with E-state index in [2.05, 4.69) is 6.92 Å². The molecular formula is C7H12. The number of hydrogen-bond donors (Lipinski definition) is 0. The molecule has 3 aliphatic carbocycles. The topological polar surface area (TPSA) is 0 Å². The highest BCUT2D eigenvalue weighted by Gasteiger charge is 2.54. The van der Waals surface area contributed by atoms with E-state index in [1.54, 1.807) is 19.3 Å². The van der Waals surface area contributed by atoms with Crippen molar-refractivity contribution in [3.8, 4) is 0 Å². The Bertz CT molecular complexity index is 71.2. The fourth-order valence-electron chi connectivity index (χ4n) is 2.09. The average Bonchev–Trinajstić information content (AvgIpc) is 1.25. The molecule has 0 atom stereocenters. The summed E-state index contributed by atoms with van der Waals surface area (Å²) in [6.45, 7) is 2.33. The molecule has 0 spiro atoms. The van der Waals surface area contributed by atoms with Crippen molar-refractivity contribution in [3.05, 3.63) is 0 Å². The van der Waals surface area contributed by atoms with Gasteiger partial charge in [-0.15, -0.1) is 0 Å². The van der Waals surface area contributed by atoms with Crippen LogP contribution in [0.4, 0.5) is 0 Å². The van der Waals surface area contributed by atoms with Crippen LogP contribution in [0.1, 0.15) is 32.6 Å². The second kappa shape index (κ2) is 0.888. The largest absolute Gasteiger partial charge is 0.0649 e. The summed E-state index contributed by atoms with van der Waals surface area (Å²) in [7, 11) is 0. The first-order chi connectivity index (χ1) is 3.35. The Morgan fingerprint density at radius 3 is 2.00 bits per heavy atom. The average molecular weight is 96.2 g/mol. The van der Waals surface area contributed by atoms with Gasteiger partial charge in [-0.05, 0) is 30.6 Å². The zero-order valence-corrected chi connectivity index (χ0v) is 4.91. The zero-order valence-electron chi connectivity index (χ0n) is 4.91. The van der Waals surface area contributed by atoms with Crippen molar-refractivity contribution >= 4 is 0 Å². The molecule has 0 aromatic rings. The Balaban J connectivity index is 2.03. The van der Waals surface area contributed by atoms with Gasteiger partial charge in [0.15, 0.2) is 0 Å². The van der Waals surface area contributed by atoms with Crippen LogP contribution in [0.25, 0.3) is 0 Å². The van der Waals surface area contributed by atoms with E-state index in [9.17, 15) is 0 Å². The molecule has 0 saturated heterocycles. The minimum Gasteiger partial charge on any atom is -0.0649 e. The van der Waals surface area contributed by atoms with Crippen LogP contribution in [0.2, 0.25) is 0 Å². The summed E-state index contributed by atoms with van der Waals surface area (Å²) in [5, 5.41) is 0. The standard InChI is InChI=1S/C7H12/c1-2-7-3-6(4-7)5-7/h6H,2-5H2,1H3. The molecule has 7 heavy (non-hydrogen) atoms. The van der Waals surface area contributed by atoms with E-state index in [-0.39, 0.29) is 0 Å². The second-order valence-corrected chi connectivity index (χ2v) is 3.33. The van der Waals surface area contributed by atoms with Crippen molar-refractivity contribution in [2.24, 2.45) is 11.3 Å². The van der Waals surface area contributed by atoms with Crippen LogP contribution in [0, 0.1) is 11.3 Å². The van der Waals surface area contributed by atoms with Gasteiger partial charge in [-0.2, -0.15) is 0 Å². The third kappa shape index (κ3) is 0.296. The SMILES string of the molecule is CCC12CC(C1)C2. The summed E-state index contributed by atoms with van der Waals surface area (Å²) >= 11 is 0. The van der Waals surface area contributed by atoms with Crippen LogP contribution < -0.4 is 0 Å². The second-order valence-electron chi connectivity index (χ2n) is 3.33. The molecule has 0 aromatic carbocycles. The summed E-state index contributed by atoms with van der Waals surface area (Å²) in [5.41, 5.74) is 0.907. The fourth-order valence-corrected chi connectivity index (χ4v) is 2.09. The van der Waals surface area contributed by atoms with E-state index >= 15 is 0 Å². The van der Waals surface area contributed by atoms with Crippen molar-refractivity contribution in [2.45, 2.75) is 32.6 Å². The van der Waals surface area contributed by atoms with Gasteiger partial charge in [0.05, 0.1) is 0 Å². The molecule has 0 unspecified atom stereocenters. The molecule has 2 bridgehead atoms. The predicted octanol–water partition coefficient (Wildman–Crippen LogP) is 2.20. The molecule has 0 aromatic heterocycles. The molecule has 0 heterocycles. The van der Waals surface area contributed by atoms with Crippen LogP contribution in [-0.4, -0.2) is 0 Å². The van der Waals surface area contributed by atoms with Gasteiger partial charge >= 0.3 is 0 Å². The van der Waals surface area contributed by atoms with Crippen LogP contribution >= 0.6 is 0 Å². The van der Waals surface area contributed by atoms with Crippen molar-refractivity contribution in [1.82, 2.24) is 0 Å². The number of hydrogen-bond acceptors (Lipinski definition) is 0. The highest BCUT2D eigenvalue weighted by molar-refractivity contribution is 5.05. The summed E-state index contributed by atoms with van der Waals surface area (Å²) in [5.74, 6) is 1.18. The van der Waals surface area contributed by atoms with Crippen LogP contribution in [0.3, 0.4) is 0 Å². The molecule has 0 N–H and O–H groups in total. The van der Waals surface area contributed by atoms with Gasteiger partial charge in [0.25, 0.3) is 0 Å². The van der Waals surface area contributed by atoms with E-state index < -0.39 is 0 Å². The minimum absolute atomic E-state index is 0.907. The van der Waals surface area contributed by atoms with Gasteiger partial charge < -0.3 is 0 Å². The molecule has 0 heteroatoms. The molecular weight excluding hydrogens is 84.1 g/mol. The Morgan fingerprint density at radius 2 is 2.00 bits per heavy atom. The minimum atomic E-state index is 0.907. The van der Waals surface area contributed by atoms with E-state index in [0.29, 0.717) is 0 Å². The van der Waals surface area contributed by atoms with E-state index in [4.69, 9.17) is 0 Å². The van der Waals surface area contributed by atoms with Crippen molar-refractivity contribution < 1.29 is 0 Å². The Morgan fingerprint density at radius 1 is 1.43 bits per heavy atom. The quantitative estimate of drug-likeness (QED) is 0.469. The normalized spacial score (nSPS) is 55.3. The molecule has 0 aliphatic heterocycles. The highest BCUT2D eigenvalue weighted by atomic mass is 14.6. The molecule has 3 rings (SSSR count). The van der Waals surface area contributed by atoms with E-state index in [1.807, 2.05) is 0 Å². The lowest BCUT2D eigenvalue weighted by Gasteiger charge is -2.62. The van der Waals surface area contributed by atoms with Gasteiger partial charge in [-0.3, -0.25) is 0 Å². The van der Waals surface area contributed by atoms with Crippen molar-refractivity contribution in [3.63, 3.8) is 0 Å². The van der Waals surface area contributed by atoms with Crippen molar-refractivity contribution in [1.29, 1.82) is 0 Å². The molecule has 0 nitrogen and oxygen atoms in total. The summed E-state index contributed by atoms with van der Waals surface area (Å²) in [6, 6.07) is 0. The molecule has 40 valence electrons. The Labute approximate surface area is 44.9 Å². The van der Waals surface area contributed by atoms with Gasteiger partial charge in [0, 0.05) is 0 Å². The molecule has 0 amide bonds. The first-order valence-corrected chi connectivity index (χ1v) is 3.35. The third-order valence-corrected chi connectivity index (χ3v) is 2.92. The lowest BCUT2D eigenvalue weighted by atomic mass is 9.43. The van der Waals surface area contributed by atoms with Crippen LogP contribution in [-0.2, 0) is 0 Å². The highest BCUT2D eigenvalue weighted by Crippen LogP contribution is 2.65. The van der Waals surface area contributed by atoms with Gasteiger partial charge in [-0.1, -0.05) is 13.3 Å². The van der Waals surface area contributed by atoms with E-state index in [1.165, 1.54) is 12.3 Å². The van der Waals surface area contributed by atoms with Crippen LogP contribution in [0.5, 0.6) is 0 Å². The monoisotopic (exact) mass is 96.1 g/mol. The first kappa shape index (κ1) is 3.94. The zero-order chi connectivity index (χ0) is 4.91. The van der Waals surface area contributed by atoms with Crippen molar-refractivity contribution in [2.75, 3.05) is 0 Å².